The van der Waals surface area contributed by atoms with Gasteiger partial charge in [0.2, 0.25) is 0 Å². The normalized spacial score (nSPS) is 13.4. The smallest absolute Gasteiger partial charge is 0.363 e. The number of Topliss-reactive ketones (excluding diaryl/α,β-unsaturated/α-hetero) is 1. The van der Waals surface area contributed by atoms with Gasteiger partial charge in [-0.3, -0.25) is 9.32 Å². The molecule has 2 rings (SSSR count). The Morgan fingerprint density at radius 1 is 0.862 bits per heavy atom. The van der Waals surface area contributed by atoms with Gasteiger partial charge in [0.1, 0.15) is 6.10 Å². The number of ketones is 1. The molecular formula is C18H13F6O4P. The van der Waals surface area contributed by atoms with Crippen LogP contribution in [0.15, 0.2) is 48.5 Å². The molecule has 0 saturated heterocycles. The van der Waals surface area contributed by atoms with E-state index in [2.05, 4.69) is 4.52 Å². The summed E-state index contributed by atoms with van der Waals surface area (Å²) in [7, 11) is -0.692. The number of carbonyl (C=O) groups is 1. The lowest BCUT2D eigenvalue weighted by molar-refractivity contribution is -0.143. The van der Waals surface area contributed by atoms with Crippen LogP contribution in [0, 0.1) is 0 Å². The predicted octanol–water partition coefficient (Wildman–Crippen LogP) is 5.89. The molecule has 2 aromatic carbocycles. The van der Waals surface area contributed by atoms with Gasteiger partial charge in [-0.1, -0.05) is 36.4 Å². The van der Waals surface area contributed by atoms with E-state index in [0.717, 1.165) is 0 Å². The van der Waals surface area contributed by atoms with Crippen LogP contribution in [-0.4, -0.2) is 19.0 Å². The predicted molar refractivity (Wildman–Crippen MR) is 89.5 cm³/mol. The number of alkyl halides is 6. The van der Waals surface area contributed by atoms with Crippen LogP contribution in [0.5, 0.6) is 0 Å². The minimum atomic E-state index is -5.20. The van der Waals surface area contributed by atoms with E-state index in [1.54, 1.807) is 6.07 Å². The van der Waals surface area contributed by atoms with E-state index in [1.807, 2.05) is 0 Å². The molecule has 0 heterocycles. The summed E-state index contributed by atoms with van der Waals surface area (Å²) in [6.45, 7) is -0.690. The third-order valence-corrected chi connectivity index (χ3v) is 4.06. The molecule has 156 valence electrons. The molecule has 29 heavy (non-hydrogen) atoms. The number of hydrogen-bond acceptors (Lipinski definition) is 4. The van der Waals surface area contributed by atoms with E-state index in [9.17, 15) is 35.7 Å². The first-order valence-electron chi connectivity index (χ1n) is 8.00. The third-order valence-electron chi connectivity index (χ3n) is 3.77. The minimum absolute atomic E-state index is 0.0577. The van der Waals surface area contributed by atoms with Crippen LogP contribution in [0.4, 0.5) is 26.3 Å². The molecule has 0 saturated carbocycles. The van der Waals surface area contributed by atoms with Crippen LogP contribution in [0.2, 0.25) is 0 Å². The van der Waals surface area contributed by atoms with Crippen molar-refractivity contribution in [2.45, 2.75) is 18.5 Å². The van der Waals surface area contributed by atoms with E-state index >= 15 is 0 Å². The average Bonchev–Trinajstić information content (AvgIpc) is 2.66. The van der Waals surface area contributed by atoms with Crippen LogP contribution in [0.25, 0.3) is 0 Å². The summed E-state index contributed by atoms with van der Waals surface area (Å²) < 4.78 is 100. The van der Waals surface area contributed by atoms with Crippen molar-refractivity contribution in [3.8, 4) is 0 Å². The highest BCUT2D eigenvalue weighted by atomic mass is 31.1. The fraction of sp³-hybridized carbons (Fsp3) is 0.278. The Balaban J connectivity index is 2.58. The number of hydrogen-bond donors (Lipinski definition) is 0. The molecule has 11 heteroatoms. The molecule has 0 radical (unpaired) electrons. The Morgan fingerprint density at radius 3 is 1.90 bits per heavy atom. The van der Waals surface area contributed by atoms with Gasteiger partial charge in [0, 0.05) is 5.56 Å². The van der Waals surface area contributed by atoms with E-state index in [-0.39, 0.29) is 12.2 Å². The maximum Gasteiger partial charge on any atom is 0.417 e. The standard InChI is InChI=1S/C18H13F6O4P/c19-17(20,21)12-7-4-8-13(18(22,23)24)14(12)15(25)16(27-9-10-28-29-26)11-5-2-1-3-6-11/h1-8,16H,9-10H2. The van der Waals surface area contributed by atoms with E-state index < -0.39 is 56.2 Å². The lowest BCUT2D eigenvalue weighted by Gasteiger charge is -2.22. The van der Waals surface area contributed by atoms with Crippen LogP contribution in [-0.2, 0) is 26.2 Å². The second kappa shape index (κ2) is 9.47. The number of carbonyl (C=O) groups excluding carboxylic acids is 1. The lowest BCUT2D eigenvalue weighted by atomic mass is 9.91. The summed E-state index contributed by atoms with van der Waals surface area (Å²) in [5.41, 5.74) is -4.89. The first-order valence-corrected chi connectivity index (χ1v) is 8.73. The zero-order valence-corrected chi connectivity index (χ0v) is 15.4. The average molecular weight is 438 g/mol. The summed E-state index contributed by atoms with van der Waals surface area (Å²) in [6.07, 6.45) is -12.1. The number of halogens is 6. The van der Waals surface area contributed by atoms with Crippen molar-refractivity contribution in [1.82, 2.24) is 0 Å². The highest BCUT2D eigenvalue weighted by molar-refractivity contribution is 7.17. The SMILES string of the molecule is O=POCCOC(C(=O)c1c(C(F)(F)F)cccc1C(F)(F)F)c1ccccc1. The van der Waals surface area contributed by atoms with Gasteiger partial charge < -0.3 is 4.74 Å². The molecule has 0 bridgehead atoms. The molecule has 4 nitrogen and oxygen atoms in total. The minimum Gasteiger partial charge on any atom is -0.363 e. The molecule has 1 unspecified atom stereocenters. The Morgan fingerprint density at radius 2 is 1.41 bits per heavy atom. The van der Waals surface area contributed by atoms with Gasteiger partial charge >= 0.3 is 21.0 Å². The van der Waals surface area contributed by atoms with Crippen molar-refractivity contribution in [3.63, 3.8) is 0 Å². The van der Waals surface area contributed by atoms with Crippen LogP contribution in [0.1, 0.15) is 33.2 Å². The fourth-order valence-corrected chi connectivity index (χ4v) is 2.76. The molecule has 1 atom stereocenters. The summed E-state index contributed by atoms with van der Waals surface area (Å²) in [5.74, 6) is -1.50. The Kier molecular flexibility index (Phi) is 7.51. The number of rotatable bonds is 8. The topological polar surface area (TPSA) is 52.6 Å². The zero-order valence-electron chi connectivity index (χ0n) is 14.5. The van der Waals surface area contributed by atoms with Crippen molar-refractivity contribution in [2.75, 3.05) is 13.2 Å². The van der Waals surface area contributed by atoms with Gasteiger partial charge in [-0.25, -0.2) is 4.57 Å². The molecule has 0 spiro atoms. The summed E-state index contributed by atoms with van der Waals surface area (Å²) in [5, 5.41) is 0. The van der Waals surface area contributed by atoms with Gasteiger partial charge in [0.05, 0.1) is 24.3 Å². The fourth-order valence-electron chi connectivity index (χ4n) is 2.61. The van der Waals surface area contributed by atoms with Crippen LogP contribution < -0.4 is 0 Å². The monoisotopic (exact) mass is 438 g/mol. The third kappa shape index (κ3) is 5.85. The molecule has 0 aliphatic heterocycles. The molecule has 0 N–H and O–H groups in total. The molecule has 0 amide bonds. The number of benzene rings is 2. The van der Waals surface area contributed by atoms with Crippen molar-refractivity contribution in [3.05, 3.63) is 70.8 Å². The maximum absolute atomic E-state index is 13.4. The Labute approximate surface area is 162 Å². The summed E-state index contributed by atoms with van der Waals surface area (Å²) in [4.78, 5) is 12.9. The van der Waals surface area contributed by atoms with E-state index in [1.165, 1.54) is 24.3 Å². The molecule has 0 fully saturated rings. The second-order valence-corrected chi connectivity index (χ2v) is 6.06. The van der Waals surface area contributed by atoms with E-state index in [0.29, 0.717) is 18.2 Å². The van der Waals surface area contributed by atoms with Gasteiger partial charge in [-0.2, -0.15) is 26.3 Å². The first kappa shape index (κ1) is 23.0. The van der Waals surface area contributed by atoms with Crippen molar-refractivity contribution in [1.29, 1.82) is 0 Å². The Bertz CT molecular complexity index is 819. The van der Waals surface area contributed by atoms with Gasteiger partial charge in [-0.15, -0.1) is 0 Å². The largest absolute Gasteiger partial charge is 0.417 e. The van der Waals surface area contributed by atoms with Crippen molar-refractivity contribution in [2.24, 2.45) is 0 Å². The summed E-state index contributed by atoms with van der Waals surface area (Å²) >= 11 is 0. The van der Waals surface area contributed by atoms with Crippen LogP contribution >= 0.6 is 8.69 Å². The molecule has 0 aliphatic rings. The van der Waals surface area contributed by atoms with Gasteiger partial charge in [0.25, 0.3) is 0 Å². The van der Waals surface area contributed by atoms with Gasteiger partial charge in [-0.05, 0) is 17.7 Å². The van der Waals surface area contributed by atoms with Crippen LogP contribution in [0.3, 0.4) is 0 Å². The molecule has 0 aromatic heterocycles. The molecular weight excluding hydrogens is 425 g/mol. The summed E-state index contributed by atoms with van der Waals surface area (Å²) in [6, 6.07) is 8.51. The molecule has 0 aliphatic carbocycles. The highest BCUT2D eigenvalue weighted by Gasteiger charge is 2.44. The Hall–Kier alpha value is -2.29. The molecule has 2 aromatic rings. The zero-order chi connectivity index (χ0) is 21.7. The maximum atomic E-state index is 13.4. The number of ether oxygens (including phenoxy) is 1. The second-order valence-electron chi connectivity index (χ2n) is 5.66. The van der Waals surface area contributed by atoms with Gasteiger partial charge in [0.15, 0.2) is 5.78 Å². The van der Waals surface area contributed by atoms with Crippen molar-refractivity contribution < 1.29 is 45.0 Å². The lowest BCUT2D eigenvalue weighted by Crippen LogP contribution is -2.25. The first-order chi connectivity index (χ1) is 13.6. The highest BCUT2D eigenvalue weighted by Crippen LogP contribution is 2.41. The van der Waals surface area contributed by atoms with Crippen molar-refractivity contribution >= 4 is 14.5 Å². The quantitative estimate of drug-likeness (QED) is 0.223. The van der Waals surface area contributed by atoms with E-state index in [4.69, 9.17) is 4.74 Å².